The van der Waals surface area contributed by atoms with Crippen molar-refractivity contribution >= 4 is 40.2 Å². The van der Waals surface area contributed by atoms with Gasteiger partial charge in [-0.15, -0.1) is 0 Å². The first-order valence-electron chi connectivity index (χ1n) is 14.1. The number of rotatable bonds is 13. The van der Waals surface area contributed by atoms with Crippen molar-refractivity contribution in [3.05, 3.63) is 100 Å². The van der Waals surface area contributed by atoms with Crippen molar-refractivity contribution in [2.24, 2.45) is 5.92 Å². The average molecular weight is 613 g/mol. The molecule has 0 unspecified atom stereocenters. The molecule has 2 N–H and O–H groups in total. The minimum absolute atomic E-state index is 0.00894. The third kappa shape index (κ3) is 8.04. The predicted molar refractivity (Wildman–Crippen MR) is 160 cm³/mol. The summed E-state index contributed by atoms with van der Waals surface area (Å²) in [6.07, 6.45) is -1.11. The van der Waals surface area contributed by atoms with Gasteiger partial charge in [-0.05, 0) is 73.0 Å². The number of aliphatic carboxylic acids is 1. The molecule has 0 bridgehead atoms. The van der Waals surface area contributed by atoms with Gasteiger partial charge in [0.15, 0.2) is 5.78 Å². The molecular weight excluding hydrogens is 581 g/mol. The summed E-state index contributed by atoms with van der Waals surface area (Å²) in [6, 6.07) is 18.4. The van der Waals surface area contributed by atoms with E-state index in [2.05, 4.69) is 12.2 Å². The SMILES string of the molecule is CCCCC[C@H](Cc1ccc(C(=O)NCCC(=O)O)cc1)C(=O)c1cc2cc(Cl)ccc2n1-c1cccc(C(F)(F)F)c1. The number of hydrogen-bond acceptors (Lipinski definition) is 3. The summed E-state index contributed by atoms with van der Waals surface area (Å²) in [5.74, 6) is -2.07. The number of hydrogen-bond donors (Lipinski definition) is 2. The minimum Gasteiger partial charge on any atom is -0.481 e. The van der Waals surface area contributed by atoms with Crippen LogP contribution in [0, 0.1) is 5.92 Å². The van der Waals surface area contributed by atoms with Gasteiger partial charge in [-0.3, -0.25) is 14.4 Å². The van der Waals surface area contributed by atoms with Crippen LogP contribution >= 0.6 is 11.6 Å². The molecule has 3 aromatic carbocycles. The minimum atomic E-state index is -4.55. The number of carboxylic acid groups (broad SMARTS) is 1. The number of benzene rings is 3. The maximum atomic E-state index is 14.2. The first-order chi connectivity index (χ1) is 20.5. The fourth-order valence-corrected chi connectivity index (χ4v) is 5.29. The van der Waals surface area contributed by atoms with E-state index in [1.54, 1.807) is 59.2 Å². The lowest BCUT2D eigenvalue weighted by Gasteiger charge is -2.19. The van der Waals surface area contributed by atoms with Gasteiger partial charge in [-0.2, -0.15) is 13.2 Å². The second-order valence-electron chi connectivity index (χ2n) is 10.5. The number of nitrogens with one attached hydrogen (secondary N) is 1. The molecule has 1 aromatic heterocycles. The normalized spacial score (nSPS) is 12.3. The first kappa shape index (κ1) is 31.8. The van der Waals surface area contributed by atoms with Gasteiger partial charge >= 0.3 is 12.1 Å². The van der Waals surface area contributed by atoms with Crippen molar-refractivity contribution in [1.29, 1.82) is 0 Å². The summed E-state index contributed by atoms with van der Waals surface area (Å²) in [5, 5.41) is 12.4. The van der Waals surface area contributed by atoms with Gasteiger partial charge < -0.3 is 15.0 Å². The smallest absolute Gasteiger partial charge is 0.416 e. The van der Waals surface area contributed by atoms with Crippen LogP contribution in [0.2, 0.25) is 5.02 Å². The lowest BCUT2D eigenvalue weighted by atomic mass is 9.88. The zero-order chi connectivity index (χ0) is 31.1. The van der Waals surface area contributed by atoms with Gasteiger partial charge in [0.2, 0.25) is 0 Å². The van der Waals surface area contributed by atoms with Crippen molar-refractivity contribution < 1.29 is 32.7 Å². The number of ketones is 1. The van der Waals surface area contributed by atoms with Gasteiger partial charge in [0.1, 0.15) is 0 Å². The number of carbonyl (C=O) groups excluding carboxylic acids is 2. The summed E-state index contributed by atoms with van der Waals surface area (Å²) >= 11 is 6.22. The molecule has 0 aliphatic carbocycles. The molecule has 226 valence electrons. The molecule has 43 heavy (non-hydrogen) atoms. The van der Waals surface area contributed by atoms with Crippen LogP contribution < -0.4 is 5.32 Å². The van der Waals surface area contributed by atoms with Crippen LogP contribution in [-0.4, -0.2) is 33.9 Å². The van der Waals surface area contributed by atoms with Crippen LogP contribution in [0.3, 0.4) is 0 Å². The molecule has 0 fully saturated rings. The Morgan fingerprint density at radius 2 is 1.72 bits per heavy atom. The number of nitrogens with zero attached hydrogens (tertiary/aromatic N) is 1. The molecule has 1 atom stereocenters. The molecule has 0 saturated heterocycles. The van der Waals surface area contributed by atoms with Crippen molar-refractivity contribution in [2.75, 3.05) is 6.54 Å². The second kappa shape index (κ2) is 13.9. The lowest BCUT2D eigenvalue weighted by Crippen LogP contribution is -2.26. The van der Waals surface area contributed by atoms with Crippen molar-refractivity contribution in [2.45, 2.75) is 51.6 Å². The molecule has 0 spiro atoms. The number of halogens is 4. The zero-order valence-corrected chi connectivity index (χ0v) is 24.3. The zero-order valence-electron chi connectivity index (χ0n) is 23.6. The summed E-state index contributed by atoms with van der Waals surface area (Å²) in [5.41, 5.74) is 1.43. The Labute approximate surface area is 252 Å². The Kier molecular flexibility index (Phi) is 10.3. The van der Waals surface area contributed by atoms with Crippen LogP contribution in [0.1, 0.15) is 71.0 Å². The maximum Gasteiger partial charge on any atom is 0.416 e. The molecule has 0 radical (unpaired) electrons. The number of alkyl halides is 3. The van der Waals surface area contributed by atoms with Crippen LogP contribution in [0.4, 0.5) is 13.2 Å². The quantitative estimate of drug-likeness (QED) is 0.118. The first-order valence-corrected chi connectivity index (χ1v) is 14.5. The summed E-state index contributed by atoms with van der Waals surface area (Å²) in [4.78, 5) is 37.3. The maximum absolute atomic E-state index is 14.2. The fourth-order valence-electron chi connectivity index (χ4n) is 5.10. The molecule has 4 rings (SSSR count). The summed E-state index contributed by atoms with van der Waals surface area (Å²) in [6.45, 7) is 2.07. The van der Waals surface area contributed by atoms with E-state index >= 15 is 0 Å². The number of fused-ring (bicyclic) bond motifs is 1. The number of aromatic nitrogens is 1. The number of amides is 1. The third-order valence-electron chi connectivity index (χ3n) is 7.30. The van der Waals surface area contributed by atoms with Crippen LogP contribution in [0.15, 0.2) is 72.8 Å². The highest BCUT2D eigenvalue weighted by Crippen LogP contribution is 2.34. The number of Topliss-reactive ketones (excluding diaryl/α,β-unsaturated/α-hetero) is 1. The molecule has 1 heterocycles. The molecule has 0 aliphatic heterocycles. The van der Waals surface area contributed by atoms with E-state index in [9.17, 15) is 27.6 Å². The molecule has 10 heteroatoms. The number of carbonyl (C=O) groups is 3. The monoisotopic (exact) mass is 612 g/mol. The standard InChI is InChI=1S/C33H32ClF3N2O4/c1-2-3-4-6-23(17-21-9-11-22(12-10-21)32(43)38-16-15-30(40)41)31(42)29-19-24-18-26(34)13-14-28(24)39(29)27-8-5-7-25(20-27)33(35,36)37/h5,7-14,18-20,23H,2-4,6,15-17H2,1H3,(H,38,43)(H,40,41)/t23-/m1/s1. The van der Waals surface area contributed by atoms with Crippen molar-refractivity contribution in [3.8, 4) is 5.69 Å². The van der Waals surface area contributed by atoms with E-state index < -0.39 is 29.5 Å². The largest absolute Gasteiger partial charge is 0.481 e. The average Bonchev–Trinajstić information content (AvgIpc) is 3.34. The fraction of sp³-hybridized carbons (Fsp3) is 0.303. The molecular formula is C33H32ClF3N2O4. The molecule has 6 nitrogen and oxygen atoms in total. The molecule has 4 aromatic rings. The van der Waals surface area contributed by atoms with E-state index in [-0.39, 0.29) is 30.1 Å². The van der Waals surface area contributed by atoms with Gasteiger partial charge in [0.25, 0.3) is 5.91 Å². The van der Waals surface area contributed by atoms with E-state index in [1.807, 2.05) is 0 Å². The molecule has 1 amide bonds. The summed E-state index contributed by atoms with van der Waals surface area (Å²) in [7, 11) is 0. The lowest BCUT2D eigenvalue weighted by molar-refractivity contribution is -0.138. The second-order valence-corrected chi connectivity index (χ2v) is 10.9. The van der Waals surface area contributed by atoms with Crippen LogP contribution in [-0.2, 0) is 17.4 Å². The topological polar surface area (TPSA) is 88.4 Å². The highest BCUT2D eigenvalue weighted by Gasteiger charge is 2.31. The molecule has 0 aliphatic rings. The third-order valence-corrected chi connectivity index (χ3v) is 7.53. The summed E-state index contributed by atoms with van der Waals surface area (Å²) < 4.78 is 42.4. The van der Waals surface area contributed by atoms with E-state index in [0.717, 1.165) is 37.0 Å². The molecule has 0 saturated carbocycles. The Morgan fingerprint density at radius 3 is 2.40 bits per heavy atom. The Hall–Kier alpha value is -4.11. The Balaban J connectivity index is 1.68. The van der Waals surface area contributed by atoms with Gasteiger partial charge in [0.05, 0.1) is 23.2 Å². The van der Waals surface area contributed by atoms with Crippen LogP contribution in [0.25, 0.3) is 16.6 Å². The highest BCUT2D eigenvalue weighted by atomic mass is 35.5. The van der Waals surface area contributed by atoms with Gasteiger partial charge in [0, 0.05) is 34.1 Å². The van der Waals surface area contributed by atoms with E-state index in [1.165, 1.54) is 6.07 Å². The van der Waals surface area contributed by atoms with Gasteiger partial charge in [-0.25, -0.2) is 0 Å². The van der Waals surface area contributed by atoms with Crippen molar-refractivity contribution in [3.63, 3.8) is 0 Å². The number of unbranched alkanes of at least 4 members (excludes halogenated alkanes) is 2. The Bertz CT molecular complexity index is 1610. The predicted octanol–water partition coefficient (Wildman–Crippen LogP) is 8.13. The van der Waals surface area contributed by atoms with Crippen LogP contribution in [0.5, 0.6) is 0 Å². The van der Waals surface area contributed by atoms with E-state index in [4.69, 9.17) is 16.7 Å². The highest BCUT2D eigenvalue weighted by molar-refractivity contribution is 6.31. The number of carboxylic acids is 1. The van der Waals surface area contributed by atoms with E-state index in [0.29, 0.717) is 34.3 Å². The Morgan fingerprint density at radius 1 is 0.977 bits per heavy atom. The van der Waals surface area contributed by atoms with Crippen molar-refractivity contribution in [1.82, 2.24) is 9.88 Å². The van der Waals surface area contributed by atoms with Gasteiger partial charge in [-0.1, -0.05) is 56.0 Å².